The molecule has 2 atom stereocenters. The van der Waals surface area contributed by atoms with Crippen LogP contribution >= 0.6 is 23.2 Å². The fourth-order valence-corrected chi connectivity index (χ4v) is 8.87. The van der Waals surface area contributed by atoms with Crippen LogP contribution in [0.5, 0.6) is 0 Å². The number of sulfonamides is 1. The van der Waals surface area contributed by atoms with Crippen molar-refractivity contribution in [3.05, 3.63) is 107 Å². The monoisotopic (exact) mass is 716 g/mol. The van der Waals surface area contributed by atoms with E-state index in [2.05, 4.69) is 20.3 Å². The first-order valence-corrected chi connectivity index (χ1v) is 17.6. The molecule has 49 heavy (non-hydrogen) atoms. The number of nitrogen functional groups attached to an aromatic ring is 1. The first-order chi connectivity index (χ1) is 23.5. The van der Waals surface area contributed by atoms with E-state index in [-0.39, 0.29) is 23.9 Å². The van der Waals surface area contributed by atoms with E-state index in [0.717, 1.165) is 16.7 Å². The largest absolute Gasteiger partial charge is 0.397 e. The third-order valence-electron chi connectivity index (χ3n) is 8.87. The summed E-state index contributed by atoms with van der Waals surface area (Å²) >= 11 is 12.7. The minimum absolute atomic E-state index is 0.0831. The number of nitrogens with two attached hydrogens (primary N) is 1. The molecule has 4 heterocycles. The summed E-state index contributed by atoms with van der Waals surface area (Å²) < 4.78 is 31.7. The van der Waals surface area contributed by atoms with Crippen molar-refractivity contribution in [2.45, 2.75) is 42.8 Å². The predicted molar refractivity (Wildman–Crippen MR) is 187 cm³/mol. The van der Waals surface area contributed by atoms with Gasteiger partial charge in [0.15, 0.2) is 5.03 Å². The molecule has 1 fully saturated rings. The zero-order valence-corrected chi connectivity index (χ0v) is 28.5. The van der Waals surface area contributed by atoms with Crippen molar-refractivity contribution in [1.29, 1.82) is 0 Å². The number of carbonyl (C=O) groups excluding carboxylic acids is 2. The van der Waals surface area contributed by atoms with Crippen molar-refractivity contribution in [2.24, 2.45) is 0 Å². The first-order valence-electron chi connectivity index (χ1n) is 15.4. The average Bonchev–Trinajstić information content (AvgIpc) is 3.80. The molecule has 2 aliphatic rings. The molecule has 3 aromatic carbocycles. The zero-order chi connectivity index (χ0) is 34.5. The van der Waals surface area contributed by atoms with Gasteiger partial charge in [-0.05, 0) is 61.2 Å². The summed E-state index contributed by atoms with van der Waals surface area (Å²) in [4.78, 5) is 42.0. The molecule has 2 amide bonds. The molecule has 3 N–H and O–H groups in total. The third kappa shape index (κ3) is 5.82. The molecule has 1 saturated heterocycles. The molecule has 5 aromatic rings. The molecule has 0 aliphatic carbocycles. The predicted octanol–water partition coefficient (Wildman–Crippen LogP) is 5.66. The second-order valence-electron chi connectivity index (χ2n) is 12.1. The molecule has 2 aromatic heterocycles. The van der Waals surface area contributed by atoms with Gasteiger partial charge in [0.2, 0.25) is 11.9 Å². The molecule has 0 bridgehead atoms. The molecular formula is C34H30Cl2N8O4S. The van der Waals surface area contributed by atoms with Crippen LogP contribution in [-0.2, 0) is 31.6 Å². The molecule has 0 saturated carbocycles. The number of hydrogen-bond acceptors (Lipinski definition) is 8. The number of para-hydroxylation sites is 2. The van der Waals surface area contributed by atoms with Crippen molar-refractivity contribution < 1.29 is 18.0 Å². The summed E-state index contributed by atoms with van der Waals surface area (Å²) in [6.07, 6.45) is 6.97. The minimum Gasteiger partial charge on any atom is -0.397 e. The Hall–Kier alpha value is -4.82. The van der Waals surface area contributed by atoms with Gasteiger partial charge in [-0.3, -0.25) is 14.2 Å². The normalized spacial score (nSPS) is 19.3. The number of anilines is 4. The number of nitrogens with one attached hydrogen (secondary N) is 1. The number of rotatable bonds is 8. The van der Waals surface area contributed by atoms with Crippen LogP contribution < -0.4 is 16.0 Å². The van der Waals surface area contributed by atoms with E-state index < -0.39 is 33.4 Å². The van der Waals surface area contributed by atoms with Crippen molar-refractivity contribution in [1.82, 2.24) is 23.8 Å². The molecule has 0 spiro atoms. The fraction of sp³-hybridized carbons (Fsp3) is 0.206. The Morgan fingerprint density at radius 1 is 1.00 bits per heavy atom. The second kappa shape index (κ2) is 12.6. The highest BCUT2D eigenvalue weighted by Gasteiger charge is 2.53. The van der Waals surface area contributed by atoms with Crippen LogP contribution in [0.1, 0.15) is 25.3 Å². The number of carbonyl (C=O) groups is 2. The standard InChI is InChI=1S/C34H30Cl2N8O4S/c1-34(16-21-8-10-22(11-9-21)23-17-38-20-39-18-23)32(46)43(26-14-24(35)13-25(36)15-26)33-40-19-30(44(33)34)49(47,48)42-12-4-7-29(42)31(45)41-28-6-3-2-5-27(28)37/h2-3,5-6,8-11,13-15,17-20,29H,4,7,12,16,37H2,1H3,(H,41,45)/t29-,34+/m0/s1. The number of benzene rings is 3. The van der Waals surface area contributed by atoms with E-state index in [4.69, 9.17) is 28.9 Å². The summed E-state index contributed by atoms with van der Waals surface area (Å²) in [6.45, 7) is 1.78. The summed E-state index contributed by atoms with van der Waals surface area (Å²) in [5.74, 6) is -0.848. The van der Waals surface area contributed by atoms with Crippen LogP contribution in [0.15, 0.2) is 96.7 Å². The molecule has 7 rings (SSSR count). The maximum atomic E-state index is 14.6. The van der Waals surface area contributed by atoms with E-state index in [0.29, 0.717) is 39.9 Å². The van der Waals surface area contributed by atoms with Gasteiger partial charge in [0, 0.05) is 41.0 Å². The lowest BCUT2D eigenvalue weighted by Gasteiger charge is -2.29. The quantitative estimate of drug-likeness (QED) is 0.195. The van der Waals surface area contributed by atoms with Crippen LogP contribution in [0.3, 0.4) is 0 Å². The molecule has 15 heteroatoms. The van der Waals surface area contributed by atoms with Gasteiger partial charge in [-0.25, -0.2) is 28.3 Å². The molecule has 12 nitrogen and oxygen atoms in total. The number of aromatic nitrogens is 4. The summed E-state index contributed by atoms with van der Waals surface area (Å²) in [5.41, 5.74) is 8.13. The number of nitrogens with zero attached hydrogens (tertiary/aromatic N) is 6. The highest BCUT2D eigenvalue weighted by molar-refractivity contribution is 7.89. The van der Waals surface area contributed by atoms with Crippen LogP contribution in [0.2, 0.25) is 10.0 Å². The SMILES string of the molecule is C[C@@]1(Cc2ccc(-c3cncnc3)cc2)C(=O)N(c2cc(Cl)cc(Cl)c2)c2ncc(S(=O)(=O)N3CCC[C@H]3C(=O)Nc3ccccc3N)n21. The number of halogens is 2. The summed E-state index contributed by atoms with van der Waals surface area (Å²) in [6, 6.07) is 18.0. The van der Waals surface area contributed by atoms with Crippen molar-refractivity contribution >= 4 is 68.1 Å². The van der Waals surface area contributed by atoms with Crippen molar-refractivity contribution in [3.63, 3.8) is 0 Å². The molecule has 2 aliphatic heterocycles. The lowest BCUT2D eigenvalue weighted by Crippen LogP contribution is -2.46. The second-order valence-corrected chi connectivity index (χ2v) is 14.8. The molecule has 0 unspecified atom stereocenters. The highest BCUT2D eigenvalue weighted by Crippen LogP contribution is 2.45. The molecular weight excluding hydrogens is 687 g/mol. The number of amides is 2. The Morgan fingerprint density at radius 3 is 2.39 bits per heavy atom. The lowest BCUT2D eigenvalue weighted by molar-refractivity contribution is -0.124. The highest BCUT2D eigenvalue weighted by atomic mass is 35.5. The zero-order valence-electron chi connectivity index (χ0n) is 26.1. The Morgan fingerprint density at radius 2 is 1.69 bits per heavy atom. The van der Waals surface area contributed by atoms with E-state index in [1.165, 1.54) is 32.4 Å². The van der Waals surface area contributed by atoms with Gasteiger partial charge < -0.3 is 11.1 Å². The maximum Gasteiger partial charge on any atom is 0.261 e. The lowest BCUT2D eigenvalue weighted by atomic mass is 9.91. The Bertz CT molecular complexity index is 2180. The third-order valence-corrected chi connectivity index (χ3v) is 11.2. The van der Waals surface area contributed by atoms with Crippen LogP contribution in [0.4, 0.5) is 23.0 Å². The smallest absolute Gasteiger partial charge is 0.261 e. The van der Waals surface area contributed by atoms with Crippen molar-refractivity contribution in [2.75, 3.05) is 22.5 Å². The summed E-state index contributed by atoms with van der Waals surface area (Å²) in [7, 11) is -4.37. The van der Waals surface area contributed by atoms with Crippen LogP contribution in [0.25, 0.3) is 11.1 Å². The van der Waals surface area contributed by atoms with E-state index in [1.807, 2.05) is 24.3 Å². The van der Waals surface area contributed by atoms with Gasteiger partial charge in [0.05, 0.1) is 23.3 Å². The van der Waals surface area contributed by atoms with Crippen LogP contribution in [-0.4, -0.2) is 56.6 Å². The van der Waals surface area contributed by atoms with Gasteiger partial charge in [0.1, 0.15) is 17.9 Å². The van der Waals surface area contributed by atoms with E-state index in [9.17, 15) is 18.0 Å². The van der Waals surface area contributed by atoms with Gasteiger partial charge in [-0.15, -0.1) is 0 Å². The Kier molecular flexibility index (Phi) is 8.39. The number of hydrogen-bond donors (Lipinski definition) is 2. The fourth-order valence-electron chi connectivity index (χ4n) is 6.51. The Balaban J connectivity index is 1.29. The average molecular weight is 718 g/mol. The minimum atomic E-state index is -4.37. The van der Waals surface area contributed by atoms with Crippen molar-refractivity contribution in [3.8, 4) is 11.1 Å². The number of imidazole rings is 1. The first kappa shape index (κ1) is 32.7. The van der Waals surface area contributed by atoms with Gasteiger partial charge in [0.25, 0.3) is 15.9 Å². The van der Waals surface area contributed by atoms with Gasteiger partial charge in [-0.1, -0.05) is 59.6 Å². The van der Waals surface area contributed by atoms with Crippen LogP contribution in [0, 0.1) is 0 Å². The summed E-state index contributed by atoms with van der Waals surface area (Å²) in [5, 5.41) is 3.14. The molecule has 250 valence electrons. The van der Waals surface area contributed by atoms with Gasteiger partial charge >= 0.3 is 0 Å². The van der Waals surface area contributed by atoms with E-state index in [1.54, 1.807) is 55.7 Å². The molecule has 0 radical (unpaired) electrons. The number of fused-ring (bicyclic) bond motifs is 1. The topological polar surface area (TPSA) is 156 Å². The Labute approximate surface area is 292 Å². The maximum absolute atomic E-state index is 14.6. The van der Waals surface area contributed by atoms with E-state index >= 15 is 0 Å². The van der Waals surface area contributed by atoms with Gasteiger partial charge in [-0.2, -0.15) is 4.31 Å².